The molecule has 0 bridgehead atoms. The van der Waals surface area contributed by atoms with Crippen molar-refractivity contribution in [2.75, 3.05) is 6.61 Å². The number of aliphatic hydroxyl groups excluding tert-OH is 1. The zero-order valence-corrected chi connectivity index (χ0v) is 13.1. The molecule has 7 nitrogen and oxygen atoms in total. The lowest BCUT2D eigenvalue weighted by Gasteiger charge is -2.14. The van der Waals surface area contributed by atoms with Gasteiger partial charge in [-0.15, -0.1) is 0 Å². The van der Waals surface area contributed by atoms with Gasteiger partial charge in [-0.3, -0.25) is 10.1 Å². The van der Waals surface area contributed by atoms with Gasteiger partial charge < -0.3 is 14.4 Å². The molecule has 0 aliphatic heterocycles. The number of rotatable bonds is 6. The average Bonchev–Trinajstić information content (AvgIpc) is 2.89. The number of aromatic nitrogens is 2. The number of non-ortho nitro benzene ring substituents is 1. The summed E-state index contributed by atoms with van der Waals surface area (Å²) < 4.78 is 7.44. The van der Waals surface area contributed by atoms with Crippen molar-refractivity contribution in [2.45, 2.75) is 19.6 Å². The van der Waals surface area contributed by atoms with Crippen LogP contribution in [0.25, 0.3) is 11.0 Å². The highest BCUT2D eigenvalue weighted by Gasteiger charge is 2.12. The Labute approximate surface area is 138 Å². The van der Waals surface area contributed by atoms with E-state index in [2.05, 4.69) is 4.98 Å². The van der Waals surface area contributed by atoms with E-state index in [-0.39, 0.29) is 12.3 Å². The number of nitro benzene ring substituents is 1. The third-order valence-electron chi connectivity index (χ3n) is 3.73. The normalized spacial score (nSPS) is 12.2. The van der Waals surface area contributed by atoms with Crippen LogP contribution in [0.3, 0.4) is 0 Å². The molecule has 0 amide bonds. The van der Waals surface area contributed by atoms with Crippen LogP contribution in [0.2, 0.25) is 0 Å². The van der Waals surface area contributed by atoms with Gasteiger partial charge in [0.15, 0.2) is 0 Å². The summed E-state index contributed by atoms with van der Waals surface area (Å²) in [4.78, 5) is 14.6. The van der Waals surface area contributed by atoms with Gasteiger partial charge in [-0.05, 0) is 31.2 Å². The fourth-order valence-electron chi connectivity index (χ4n) is 2.55. The van der Waals surface area contributed by atoms with E-state index < -0.39 is 11.0 Å². The van der Waals surface area contributed by atoms with E-state index in [1.54, 1.807) is 0 Å². The summed E-state index contributed by atoms with van der Waals surface area (Å²) in [6.45, 7) is 2.34. The van der Waals surface area contributed by atoms with E-state index in [1.807, 2.05) is 35.8 Å². The van der Waals surface area contributed by atoms with Crippen molar-refractivity contribution < 1.29 is 14.8 Å². The van der Waals surface area contributed by atoms with Gasteiger partial charge >= 0.3 is 0 Å². The molecular formula is C17H17N3O4. The number of benzene rings is 2. The lowest BCUT2D eigenvalue weighted by atomic mass is 10.3. The van der Waals surface area contributed by atoms with Crippen LogP contribution in [0.5, 0.6) is 5.75 Å². The second kappa shape index (κ2) is 6.67. The number of fused-ring (bicyclic) bond motifs is 1. The summed E-state index contributed by atoms with van der Waals surface area (Å²) in [7, 11) is 0. The Bertz CT molecular complexity index is 858. The minimum atomic E-state index is -0.725. The number of aryl methyl sites for hydroxylation is 1. The van der Waals surface area contributed by atoms with Crippen molar-refractivity contribution in [1.82, 2.24) is 9.55 Å². The zero-order chi connectivity index (χ0) is 17.1. The molecule has 7 heteroatoms. The Morgan fingerprint density at radius 3 is 2.67 bits per heavy atom. The Morgan fingerprint density at radius 2 is 1.96 bits per heavy atom. The first kappa shape index (κ1) is 15.9. The highest BCUT2D eigenvalue weighted by molar-refractivity contribution is 5.75. The molecule has 0 spiro atoms. The Hall–Kier alpha value is -2.93. The summed E-state index contributed by atoms with van der Waals surface area (Å²) in [5, 5.41) is 20.8. The van der Waals surface area contributed by atoms with Crippen LogP contribution in [-0.2, 0) is 6.54 Å². The average molecular weight is 327 g/mol. The highest BCUT2D eigenvalue weighted by atomic mass is 16.6. The van der Waals surface area contributed by atoms with Crippen LogP contribution in [0.15, 0.2) is 48.5 Å². The van der Waals surface area contributed by atoms with E-state index in [0.717, 1.165) is 16.9 Å². The summed E-state index contributed by atoms with van der Waals surface area (Å²) >= 11 is 0. The number of para-hydroxylation sites is 2. The maximum Gasteiger partial charge on any atom is 0.269 e. The lowest BCUT2D eigenvalue weighted by molar-refractivity contribution is -0.384. The number of nitro groups is 1. The van der Waals surface area contributed by atoms with Crippen molar-refractivity contribution >= 4 is 16.7 Å². The molecule has 0 saturated carbocycles. The Balaban J connectivity index is 1.64. The summed E-state index contributed by atoms with van der Waals surface area (Å²) in [6, 6.07) is 13.5. The first-order valence-corrected chi connectivity index (χ1v) is 7.52. The summed E-state index contributed by atoms with van der Waals surface area (Å²) in [6.07, 6.45) is -0.725. The Morgan fingerprint density at radius 1 is 1.25 bits per heavy atom. The molecule has 124 valence electrons. The van der Waals surface area contributed by atoms with E-state index in [4.69, 9.17) is 4.74 Å². The van der Waals surface area contributed by atoms with Crippen molar-refractivity contribution in [2.24, 2.45) is 0 Å². The molecule has 24 heavy (non-hydrogen) atoms. The van der Waals surface area contributed by atoms with E-state index >= 15 is 0 Å². The molecule has 1 aromatic heterocycles. The monoisotopic (exact) mass is 327 g/mol. The first-order valence-electron chi connectivity index (χ1n) is 7.52. The van der Waals surface area contributed by atoms with Crippen molar-refractivity contribution in [3.05, 3.63) is 64.5 Å². The molecule has 3 aromatic rings. The van der Waals surface area contributed by atoms with E-state index in [1.165, 1.54) is 24.3 Å². The first-order chi connectivity index (χ1) is 11.5. The maximum atomic E-state index is 10.6. The van der Waals surface area contributed by atoms with Crippen molar-refractivity contribution in [1.29, 1.82) is 0 Å². The number of aliphatic hydroxyl groups is 1. The minimum absolute atomic E-state index is 0.00316. The van der Waals surface area contributed by atoms with Crippen molar-refractivity contribution in [3.8, 4) is 5.75 Å². The fraction of sp³-hybridized carbons (Fsp3) is 0.235. The smallest absolute Gasteiger partial charge is 0.269 e. The van der Waals surface area contributed by atoms with Crippen molar-refractivity contribution in [3.63, 3.8) is 0 Å². The summed E-state index contributed by atoms with van der Waals surface area (Å²) in [5.41, 5.74) is 1.85. The van der Waals surface area contributed by atoms with Crippen LogP contribution in [0.1, 0.15) is 5.82 Å². The van der Waals surface area contributed by atoms with Crippen LogP contribution >= 0.6 is 0 Å². The lowest BCUT2D eigenvalue weighted by Crippen LogP contribution is -2.24. The standard InChI is InChI=1S/C17H17N3O4/c1-12-18-16-4-2-3-5-17(16)19(12)10-14(21)11-24-15-8-6-13(7-9-15)20(22)23/h2-9,14,21H,10-11H2,1H3/t14-/m1/s1. The van der Waals surface area contributed by atoms with Gasteiger partial charge in [-0.25, -0.2) is 4.98 Å². The number of hydrogen-bond acceptors (Lipinski definition) is 5. The molecule has 0 radical (unpaired) electrons. The third-order valence-corrected chi connectivity index (χ3v) is 3.73. The van der Waals surface area contributed by atoms with E-state index in [9.17, 15) is 15.2 Å². The molecule has 0 unspecified atom stereocenters. The molecule has 3 rings (SSSR count). The maximum absolute atomic E-state index is 10.6. The van der Waals surface area contributed by atoms with Gasteiger partial charge in [-0.2, -0.15) is 0 Å². The number of hydrogen-bond donors (Lipinski definition) is 1. The van der Waals surface area contributed by atoms with Gasteiger partial charge in [-0.1, -0.05) is 12.1 Å². The van der Waals surface area contributed by atoms with Gasteiger partial charge in [0.25, 0.3) is 5.69 Å². The van der Waals surface area contributed by atoms with Gasteiger partial charge in [0, 0.05) is 12.1 Å². The van der Waals surface area contributed by atoms with Gasteiger partial charge in [0.05, 0.1) is 22.5 Å². The second-order valence-electron chi connectivity index (χ2n) is 5.47. The SMILES string of the molecule is Cc1nc2ccccc2n1C[C@@H](O)COc1ccc([N+](=O)[O-])cc1. The predicted molar refractivity (Wildman–Crippen MR) is 89.1 cm³/mol. The van der Waals surface area contributed by atoms with Crippen LogP contribution in [0, 0.1) is 17.0 Å². The number of nitrogens with zero attached hydrogens (tertiary/aromatic N) is 3. The van der Waals surface area contributed by atoms with Gasteiger partial charge in [0.2, 0.25) is 0 Å². The highest BCUT2D eigenvalue weighted by Crippen LogP contribution is 2.18. The number of imidazole rings is 1. The van der Waals surface area contributed by atoms with Crippen LogP contribution in [-0.4, -0.2) is 32.3 Å². The number of ether oxygens (including phenoxy) is 1. The largest absolute Gasteiger partial charge is 0.491 e. The molecule has 1 atom stereocenters. The fourth-order valence-corrected chi connectivity index (χ4v) is 2.55. The molecule has 0 aliphatic carbocycles. The topological polar surface area (TPSA) is 90.4 Å². The Kier molecular flexibility index (Phi) is 4.43. The molecular weight excluding hydrogens is 310 g/mol. The minimum Gasteiger partial charge on any atom is -0.491 e. The molecule has 1 N–H and O–H groups in total. The molecule has 1 heterocycles. The van der Waals surface area contributed by atoms with Crippen LogP contribution in [0.4, 0.5) is 5.69 Å². The van der Waals surface area contributed by atoms with E-state index in [0.29, 0.717) is 12.3 Å². The predicted octanol–water partition coefficient (Wildman–Crippen LogP) is 2.69. The van der Waals surface area contributed by atoms with Gasteiger partial charge in [0.1, 0.15) is 24.3 Å². The molecule has 0 fully saturated rings. The van der Waals surface area contributed by atoms with Crippen LogP contribution < -0.4 is 4.74 Å². The zero-order valence-electron chi connectivity index (χ0n) is 13.1. The third kappa shape index (κ3) is 3.36. The molecule has 0 aliphatic rings. The second-order valence-corrected chi connectivity index (χ2v) is 5.47. The molecule has 2 aromatic carbocycles. The molecule has 0 saturated heterocycles. The summed E-state index contributed by atoms with van der Waals surface area (Å²) in [5.74, 6) is 1.30. The quantitative estimate of drug-likeness (QED) is 0.555.